The summed E-state index contributed by atoms with van der Waals surface area (Å²) in [6, 6.07) is 7.59. The molecule has 0 N–H and O–H groups in total. The molecule has 1 atom stereocenters. The van der Waals surface area contributed by atoms with Crippen LogP contribution in [-0.2, 0) is 4.74 Å². The number of rotatable bonds is 6. The largest absolute Gasteiger partial charge is 0.490 e. The molecule has 0 saturated heterocycles. The third-order valence-electron chi connectivity index (χ3n) is 1.84. The molecular weight excluding hydrogens is 192 g/mol. The molecule has 0 bridgehead atoms. The molecule has 0 aliphatic rings. The van der Waals surface area contributed by atoms with E-state index in [0.29, 0.717) is 13.2 Å². The first-order chi connectivity index (χ1) is 7.27. The third-order valence-corrected chi connectivity index (χ3v) is 1.84. The lowest BCUT2D eigenvalue weighted by Crippen LogP contribution is -2.16. The van der Waals surface area contributed by atoms with Gasteiger partial charge >= 0.3 is 0 Å². The number of benzene rings is 1. The molecule has 1 aromatic carbocycles. The van der Waals surface area contributed by atoms with Gasteiger partial charge in [-0.1, -0.05) is 12.1 Å². The Morgan fingerprint density at radius 3 is 2.33 bits per heavy atom. The van der Waals surface area contributed by atoms with Gasteiger partial charge in [-0.2, -0.15) is 0 Å². The average molecular weight is 210 g/mol. The molecule has 0 aliphatic carbocycles. The molecule has 0 amide bonds. The Kier molecular flexibility index (Phi) is 4.98. The topological polar surface area (TPSA) is 27.7 Å². The molecular formula is C12H18O3. The molecule has 0 aromatic heterocycles. The van der Waals surface area contributed by atoms with Gasteiger partial charge in [0.1, 0.15) is 0 Å². The fraction of sp³-hybridized carbons (Fsp3) is 0.500. The Morgan fingerprint density at radius 2 is 1.73 bits per heavy atom. The van der Waals surface area contributed by atoms with E-state index in [1.807, 2.05) is 45.0 Å². The van der Waals surface area contributed by atoms with Crippen molar-refractivity contribution in [3.63, 3.8) is 0 Å². The molecule has 15 heavy (non-hydrogen) atoms. The Morgan fingerprint density at radius 1 is 1.07 bits per heavy atom. The molecule has 1 unspecified atom stereocenters. The Bertz CT molecular complexity index is 286. The highest BCUT2D eigenvalue weighted by Gasteiger charge is 2.07. The van der Waals surface area contributed by atoms with Crippen molar-refractivity contribution in [3.8, 4) is 11.5 Å². The van der Waals surface area contributed by atoms with E-state index in [1.165, 1.54) is 0 Å². The summed E-state index contributed by atoms with van der Waals surface area (Å²) in [6.45, 7) is 7.02. The van der Waals surface area contributed by atoms with Crippen LogP contribution >= 0.6 is 0 Å². The van der Waals surface area contributed by atoms with Gasteiger partial charge in [0.15, 0.2) is 17.8 Å². The summed E-state index contributed by atoms with van der Waals surface area (Å²) in [4.78, 5) is 0. The van der Waals surface area contributed by atoms with E-state index >= 15 is 0 Å². The summed E-state index contributed by atoms with van der Waals surface area (Å²) in [7, 11) is 0. The van der Waals surface area contributed by atoms with Crippen LogP contribution in [0.5, 0.6) is 11.5 Å². The van der Waals surface area contributed by atoms with Crippen LogP contribution in [0.15, 0.2) is 24.3 Å². The lowest BCUT2D eigenvalue weighted by molar-refractivity contribution is -0.0625. The third kappa shape index (κ3) is 3.80. The zero-order chi connectivity index (χ0) is 11.1. The maximum Gasteiger partial charge on any atom is 0.197 e. The minimum absolute atomic E-state index is 0.253. The van der Waals surface area contributed by atoms with Crippen molar-refractivity contribution in [2.45, 2.75) is 27.1 Å². The monoisotopic (exact) mass is 210 g/mol. The molecule has 84 valence electrons. The quantitative estimate of drug-likeness (QED) is 0.676. The van der Waals surface area contributed by atoms with E-state index < -0.39 is 0 Å². The molecule has 0 saturated carbocycles. The maximum atomic E-state index is 5.59. The number of para-hydroxylation sites is 2. The van der Waals surface area contributed by atoms with Crippen molar-refractivity contribution in [3.05, 3.63) is 24.3 Å². The highest BCUT2D eigenvalue weighted by Crippen LogP contribution is 2.27. The van der Waals surface area contributed by atoms with Crippen molar-refractivity contribution in [1.29, 1.82) is 0 Å². The molecule has 0 fully saturated rings. The lowest BCUT2D eigenvalue weighted by atomic mass is 10.3. The van der Waals surface area contributed by atoms with Crippen LogP contribution in [0.4, 0.5) is 0 Å². The van der Waals surface area contributed by atoms with E-state index in [-0.39, 0.29) is 6.29 Å². The van der Waals surface area contributed by atoms with Crippen LogP contribution in [0, 0.1) is 0 Å². The SMILES string of the molecule is CCOc1ccccc1OC(C)OCC. The fourth-order valence-corrected chi connectivity index (χ4v) is 1.27. The summed E-state index contributed by atoms with van der Waals surface area (Å²) < 4.78 is 16.3. The highest BCUT2D eigenvalue weighted by molar-refractivity contribution is 5.39. The molecule has 1 aromatic rings. The molecule has 0 aliphatic heterocycles. The van der Waals surface area contributed by atoms with Crippen molar-refractivity contribution >= 4 is 0 Å². The van der Waals surface area contributed by atoms with Crippen LogP contribution < -0.4 is 9.47 Å². The fourth-order valence-electron chi connectivity index (χ4n) is 1.27. The first-order valence-electron chi connectivity index (χ1n) is 5.28. The summed E-state index contributed by atoms with van der Waals surface area (Å²) >= 11 is 0. The predicted molar refractivity (Wildman–Crippen MR) is 59.3 cm³/mol. The normalized spacial score (nSPS) is 12.2. The zero-order valence-corrected chi connectivity index (χ0v) is 9.53. The second-order valence-corrected chi connectivity index (χ2v) is 3.02. The van der Waals surface area contributed by atoms with Crippen LogP contribution in [0.1, 0.15) is 20.8 Å². The first kappa shape index (κ1) is 11.9. The van der Waals surface area contributed by atoms with Gasteiger partial charge in [0.05, 0.1) is 6.61 Å². The molecule has 0 radical (unpaired) electrons. The average Bonchev–Trinajstić information content (AvgIpc) is 2.21. The van der Waals surface area contributed by atoms with Gasteiger partial charge in [-0.15, -0.1) is 0 Å². The minimum atomic E-state index is -0.253. The molecule has 1 rings (SSSR count). The van der Waals surface area contributed by atoms with Crippen molar-refractivity contribution in [2.24, 2.45) is 0 Å². The second-order valence-electron chi connectivity index (χ2n) is 3.02. The molecule has 3 heteroatoms. The van der Waals surface area contributed by atoms with Gasteiger partial charge in [-0.05, 0) is 32.9 Å². The molecule has 3 nitrogen and oxygen atoms in total. The number of hydrogen-bond acceptors (Lipinski definition) is 3. The van der Waals surface area contributed by atoms with Gasteiger partial charge in [0.2, 0.25) is 0 Å². The van der Waals surface area contributed by atoms with Gasteiger partial charge < -0.3 is 14.2 Å². The summed E-state index contributed by atoms with van der Waals surface area (Å²) in [5, 5.41) is 0. The van der Waals surface area contributed by atoms with E-state index in [9.17, 15) is 0 Å². The Labute approximate surface area is 91.0 Å². The number of hydrogen-bond donors (Lipinski definition) is 0. The summed E-state index contributed by atoms with van der Waals surface area (Å²) in [5.41, 5.74) is 0. The van der Waals surface area contributed by atoms with E-state index in [4.69, 9.17) is 14.2 Å². The lowest BCUT2D eigenvalue weighted by Gasteiger charge is -2.16. The van der Waals surface area contributed by atoms with Gasteiger partial charge in [-0.25, -0.2) is 0 Å². The standard InChI is InChI=1S/C12H18O3/c1-4-13-10(3)15-12-9-7-6-8-11(12)14-5-2/h6-10H,4-5H2,1-3H3. The molecule has 0 spiro atoms. The maximum absolute atomic E-state index is 5.59. The zero-order valence-electron chi connectivity index (χ0n) is 9.53. The predicted octanol–water partition coefficient (Wildman–Crippen LogP) is 2.85. The van der Waals surface area contributed by atoms with Gasteiger partial charge in [0, 0.05) is 6.61 Å². The van der Waals surface area contributed by atoms with Gasteiger partial charge in [-0.3, -0.25) is 0 Å². The van der Waals surface area contributed by atoms with Crippen LogP contribution in [-0.4, -0.2) is 19.5 Å². The van der Waals surface area contributed by atoms with Crippen LogP contribution in [0.2, 0.25) is 0 Å². The van der Waals surface area contributed by atoms with Crippen LogP contribution in [0.3, 0.4) is 0 Å². The summed E-state index contributed by atoms with van der Waals surface area (Å²) in [6.07, 6.45) is -0.253. The molecule has 0 heterocycles. The van der Waals surface area contributed by atoms with Gasteiger partial charge in [0.25, 0.3) is 0 Å². The van der Waals surface area contributed by atoms with E-state index in [0.717, 1.165) is 11.5 Å². The van der Waals surface area contributed by atoms with Crippen LogP contribution in [0.25, 0.3) is 0 Å². The Hall–Kier alpha value is -1.22. The smallest absolute Gasteiger partial charge is 0.197 e. The minimum Gasteiger partial charge on any atom is -0.490 e. The van der Waals surface area contributed by atoms with E-state index in [1.54, 1.807) is 0 Å². The number of ether oxygens (including phenoxy) is 3. The summed E-state index contributed by atoms with van der Waals surface area (Å²) in [5.74, 6) is 1.48. The van der Waals surface area contributed by atoms with E-state index in [2.05, 4.69) is 0 Å². The first-order valence-corrected chi connectivity index (χ1v) is 5.28. The van der Waals surface area contributed by atoms with Crippen molar-refractivity contribution in [1.82, 2.24) is 0 Å². The Balaban J connectivity index is 2.66. The van der Waals surface area contributed by atoms with Crippen molar-refractivity contribution in [2.75, 3.05) is 13.2 Å². The highest BCUT2D eigenvalue weighted by atomic mass is 16.7. The second kappa shape index (κ2) is 6.30. The van der Waals surface area contributed by atoms with Crippen molar-refractivity contribution < 1.29 is 14.2 Å².